The fraction of sp³-hybridized carbons (Fsp3) is 0.192. The predicted octanol–water partition coefficient (Wildman–Crippen LogP) is 4.03. The molecule has 32 heavy (non-hydrogen) atoms. The highest BCUT2D eigenvalue weighted by molar-refractivity contribution is 6.46. The van der Waals surface area contributed by atoms with Crippen molar-refractivity contribution >= 4 is 17.4 Å². The van der Waals surface area contributed by atoms with Crippen LogP contribution >= 0.6 is 0 Å². The zero-order valence-electron chi connectivity index (χ0n) is 17.6. The summed E-state index contributed by atoms with van der Waals surface area (Å²) in [7, 11) is 0. The average molecular weight is 426 g/mol. The van der Waals surface area contributed by atoms with Gasteiger partial charge in [-0.3, -0.25) is 14.6 Å². The summed E-state index contributed by atoms with van der Waals surface area (Å²) in [5.74, 6) is -0.739. The molecule has 0 unspecified atom stereocenters. The molecule has 1 N–H and O–H groups in total. The Labute approximate surface area is 185 Å². The van der Waals surface area contributed by atoms with Crippen LogP contribution in [0.1, 0.15) is 35.2 Å². The first-order valence-electron chi connectivity index (χ1n) is 10.5. The molecule has 3 aromatic rings. The van der Waals surface area contributed by atoms with Crippen molar-refractivity contribution < 1.29 is 19.4 Å². The Kier molecular flexibility index (Phi) is 4.98. The van der Waals surface area contributed by atoms with E-state index >= 15 is 0 Å². The van der Waals surface area contributed by atoms with Crippen LogP contribution in [0.25, 0.3) is 5.76 Å². The van der Waals surface area contributed by atoms with Crippen LogP contribution in [-0.4, -0.2) is 32.8 Å². The van der Waals surface area contributed by atoms with Crippen LogP contribution in [0.4, 0.5) is 0 Å². The van der Waals surface area contributed by atoms with Crippen molar-refractivity contribution in [1.82, 2.24) is 9.88 Å². The quantitative estimate of drug-likeness (QED) is 0.387. The molecule has 1 saturated heterocycles. The second-order valence-corrected chi connectivity index (χ2v) is 8.15. The first-order valence-corrected chi connectivity index (χ1v) is 10.5. The Balaban J connectivity index is 1.62. The monoisotopic (exact) mass is 426 g/mol. The number of ether oxygens (including phenoxy) is 1. The number of rotatable bonds is 4. The van der Waals surface area contributed by atoms with Crippen LogP contribution in [0.5, 0.6) is 5.75 Å². The van der Waals surface area contributed by atoms with Gasteiger partial charge in [0.15, 0.2) is 0 Å². The number of aliphatic hydroxyl groups is 1. The van der Waals surface area contributed by atoms with Gasteiger partial charge in [-0.25, -0.2) is 0 Å². The number of fused-ring (bicyclic) bond motifs is 1. The molecule has 0 spiro atoms. The molecule has 2 atom stereocenters. The van der Waals surface area contributed by atoms with Crippen molar-refractivity contribution in [2.45, 2.75) is 32.0 Å². The summed E-state index contributed by atoms with van der Waals surface area (Å²) >= 11 is 0. The van der Waals surface area contributed by atoms with E-state index in [9.17, 15) is 14.7 Å². The number of carbonyl (C=O) groups excluding carboxylic acids is 2. The van der Waals surface area contributed by atoms with Gasteiger partial charge in [0.05, 0.1) is 11.6 Å². The van der Waals surface area contributed by atoms with Crippen molar-refractivity contribution in [3.05, 3.63) is 101 Å². The number of benzene rings is 2. The number of aromatic nitrogens is 1. The molecule has 160 valence electrons. The fourth-order valence-electron chi connectivity index (χ4n) is 4.43. The molecule has 0 radical (unpaired) electrons. The Morgan fingerprint density at radius 3 is 2.69 bits per heavy atom. The topological polar surface area (TPSA) is 79.7 Å². The van der Waals surface area contributed by atoms with E-state index in [1.807, 2.05) is 49.4 Å². The molecule has 5 rings (SSSR count). The summed E-state index contributed by atoms with van der Waals surface area (Å²) in [6.45, 7) is 2.23. The fourth-order valence-corrected chi connectivity index (χ4v) is 4.43. The summed E-state index contributed by atoms with van der Waals surface area (Å²) in [5, 5.41) is 11.2. The molecular formula is C26H22N2O4. The third kappa shape index (κ3) is 3.43. The van der Waals surface area contributed by atoms with Crippen LogP contribution in [0.2, 0.25) is 0 Å². The van der Waals surface area contributed by atoms with Crippen LogP contribution in [0, 0.1) is 0 Å². The molecule has 2 aliphatic heterocycles. The molecule has 2 aliphatic rings. The number of likely N-dealkylation sites (tertiary alicyclic amines) is 1. The number of carbonyl (C=O) groups is 2. The third-order valence-corrected chi connectivity index (χ3v) is 5.91. The number of hydrogen-bond donors (Lipinski definition) is 1. The maximum Gasteiger partial charge on any atom is 0.295 e. The number of pyridine rings is 1. The summed E-state index contributed by atoms with van der Waals surface area (Å²) in [5.41, 5.74) is 3.10. The molecule has 1 fully saturated rings. The predicted molar refractivity (Wildman–Crippen MR) is 119 cm³/mol. The van der Waals surface area contributed by atoms with E-state index < -0.39 is 17.7 Å². The zero-order chi connectivity index (χ0) is 22.2. The first-order chi connectivity index (χ1) is 15.5. The summed E-state index contributed by atoms with van der Waals surface area (Å²) in [6.07, 6.45) is 4.05. The van der Waals surface area contributed by atoms with Gasteiger partial charge >= 0.3 is 0 Å². The standard InChI is InChI=1S/C26H22N2O4/c1-16-12-20-13-18(9-10-21(20)32-16)24(29)22-23(19-8-5-11-27-14-19)28(26(31)25(22)30)15-17-6-3-2-4-7-17/h2-11,13-14,16,23,29H,12,15H2,1H3/b24-22+/t16-,23+/m0/s1. The minimum atomic E-state index is -0.729. The number of aliphatic hydroxyl groups excluding tert-OH is 1. The van der Waals surface area contributed by atoms with Crippen LogP contribution < -0.4 is 4.74 Å². The van der Waals surface area contributed by atoms with E-state index in [1.54, 1.807) is 30.6 Å². The summed E-state index contributed by atoms with van der Waals surface area (Å²) in [6, 6.07) is 17.7. The lowest BCUT2D eigenvalue weighted by molar-refractivity contribution is -0.140. The number of nitrogens with zero attached hydrogens (tertiary/aromatic N) is 2. The van der Waals surface area contributed by atoms with Crippen molar-refractivity contribution in [3.8, 4) is 5.75 Å². The van der Waals surface area contributed by atoms with E-state index in [-0.39, 0.29) is 24.0 Å². The van der Waals surface area contributed by atoms with Crippen molar-refractivity contribution in [2.24, 2.45) is 0 Å². The molecule has 1 amide bonds. The highest BCUT2D eigenvalue weighted by atomic mass is 16.5. The molecule has 0 aliphatic carbocycles. The first kappa shape index (κ1) is 20.0. The molecule has 3 heterocycles. The normalized spacial score (nSPS) is 21.5. The SMILES string of the molecule is C[C@H]1Cc2cc(/C(O)=C3\C(=O)C(=O)N(Cc4ccccc4)[C@@H]3c3cccnc3)ccc2O1. The van der Waals surface area contributed by atoms with Gasteiger partial charge in [-0.15, -0.1) is 0 Å². The molecule has 0 saturated carbocycles. The Bertz CT molecular complexity index is 1220. The van der Waals surface area contributed by atoms with Gasteiger partial charge in [-0.2, -0.15) is 0 Å². The lowest BCUT2D eigenvalue weighted by Gasteiger charge is -2.25. The van der Waals surface area contributed by atoms with Gasteiger partial charge in [-0.05, 0) is 47.9 Å². The van der Waals surface area contributed by atoms with E-state index in [1.165, 1.54) is 4.90 Å². The largest absolute Gasteiger partial charge is 0.507 e. The molecule has 6 heteroatoms. The average Bonchev–Trinajstić information content (AvgIpc) is 3.31. The van der Waals surface area contributed by atoms with E-state index in [2.05, 4.69) is 4.98 Å². The maximum absolute atomic E-state index is 13.1. The highest BCUT2D eigenvalue weighted by Gasteiger charge is 2.46. The molecule has 0 bridgehead atoms. The second kappa shape index (κ2) is 7.96. The van der Waals surface area contributed by atoms with Crippen molar-refractivity contribution in [3.63, 3.8) is 0 Å². The number of Topliss-reactive ketones (excluding diaryl/α,β-unsaturated/α-hetero) is 1. The third-order valence-electron chi connectivity index (χ3n) is 5.91. The Morgan fingerprint density at radius 1 is 1.12 bits per heavy atom. The van der Waals surface area contributed by atoms with Gasteiger partial charge in [0, 0.05) is 30.9 Å². The number of hydrogen-bond acceptors (Lipinski definition) is 5. The van der Waals surface area contributed by atoms with Gasteiger partial charge in [0.1, 0.15) is 17.6 Å². The number of amides is 1. The minimum Gasteiger partial charge on any atom is -0.507 e. The van der Waals surface area contributed by atoms with Gasteiger partial charge in [-0.1, -0.05) is 36.4 Å². The van der Waals surface area contributed by atoms with Gasteiger partial charge in [0.25, 0.3) is 11.7 Å². The molecular weight excluding hydrogens is 404 g/mol. The summed E-state index contributed by atoms with van der Waals surface area (Å²) in [4.78, 5) is 31.9. The maximum atomic E-state index is 13.1. The zero-order valence-corrected chi connectivity index (χ0v) is 17.6. The Hall–Kier alpha value is -3.93. The van der Waals surface area contributed by atoms with E-state index in [0.29, 0.717) is 11.1 Å². The highest BCUT2D eigenvalue weighted by Crippen LogP contribution is 2.41. The van der Waals surface area contributed by atoms with E-state index in [0.717, 1.165) is 23.3 Å². The van der Waals surface area contributed by atoms with Crippen LogP contribution in [0.15, 0.2) is 78.6 Å². The van der Waals surface area contributed by atoms with Gasteiger partial charge < -0.3 is 14.7 Å². The van der Waals surface area contributed by atoms with Crippen molar-refractivity contribution in [2.75, 3.05) is 0 Å². The minimum absolute atomic E-state index is 0.0641. The lowest BCUT2D eigenvalue weighted by Crippen LogP contribution is -2.29. The molecule has 2 aromatic carbocycles. The summed E-state index contributed by atoms with van der Waals surface area (Å²) < 4.78 is 5.74. The second-order valence-electron chi connectivity index (χ2n) is 8.15. The van der Waals surface area contributed by atoms with E-state index in [4.69, 9.17) is 4.74 Å². The van der Waals surface area contributed by atoms with Gasteiger partial charge in [0.2, 0.25) is 0 Å². The van der Waals surface area contributed by atoms with Crippen molar-refractivity contribution in [1.29, 1.82) is 0 Å². The Morgan fingerprint density at radius 2 is 1.94 bits per heavy atom. The van der Waals surface area contributed by atoms with Crippen LogP contribution in [0.3, 0.4) is 0 Å². The number of ketones is 1. The molecule has 1 aromatic heterocycles. The smallest absolute Gasteiger partial charge is 0.295 e. The lowest BCUT2D eigenvalue weighted by atomic mass is 9.95. The van der Waals surface area contributed by atoms with Crippen LogP contribution in [-0.2, 0) is 22.6 Å². The molecule has 6 nitrogen and oxygen atoms in total.